The molecule has 0 spiro atoms. The molecule has 1 aliphatic carbocycles. The number of hydrogen-bond acceptors (Lipinski definition) is 0. The van der Waals surface area contributed by atoms with Crippen molar-refractivity contribution in [1.29, 1.82) is 0 Å². The van der Waals surface area contributed by atoms with Crippen molar-refractivity contribution in [1.82, 2.24) is 0 Å². The first kappa shape index (κ1) is 26.5. The highest BCUT2D eigenvalue weighted by molar-refractivity contribution is 6.20. The minimum absolute atomic E-state index is 0.142. The van der Waals surface area contributed by atoms with Crippen LogP contribution in [0.25, 0.3) is 87.2 Å². The first-order valence-corrected chi connectivity index (χ1v) is 16.6. The smallest absolute Gasteiger partial charge is 0.0171 e. The van der Waals surface area contributed by atoms with Gasteiger partial charge < -0.3 is 0 Å². The Bertz CT molecular complexity index is 2760. The molecule has 0 aromatic heterocycles. The van der Waals surface area contributed by atoms with Crippen LogP contribution in [0.15, 0.2) is 158 Å². The van der Waals surface area contributed by atoms with Gasteiger partial charge in [-0.3, -0.25) is 0 Å². The third-order valence-corrected chi connectivity index (χ3v) is 10.8. The molecule has 0 unspecified atom stereocenters. The minimum Gasteiger partial charge on any atom is -0.0616 e. The van der Waals surface area contributed by atoms with Gasteiger partial charge in [0.25, 0.3) is 0 Å². The molecular weight excluding hydrogens is 565 g/mol. The predicted molar refractivity (Wildman–Crippen MR) is 202 cm³/mol. The van der Waals surface area contributed by atoms with Gasteiger partial charge >= 0.3 is 0 Å². The lowest BCUT2D eigenvalue weighted by Gasteiger charge is -2.25. The molecule has 0 atom stereocenters. The zero-order chi connectivity index (χ0) is 31.3. The maximum Gasteiger partial charge on any atom is 0.0171 e. The molecule has 47 heavy (non-hydrogen) atoms. The molecule has 220 valence electrons. The standard InChI is InChI=1S/C47H32/c1-47(2)45-34-17-6-3-13-29(34)23-26-41(45)44-39-22-12-11-21-38(39)43-28-31(24-25-40(43)46(44)47)33-16-7-8-19-36(33)42-27-30-14-4-5-15-32(30)35-18-9-10-20-37(35)42/h3-28H,1-2H3. The zero-order valence-corrected chi connectivity index (χ0v) is 26.5. The van der Waals surface area contributed by atoms with Gasteiger partial charge in [0.05, 0.1) is 0 Å². The van der Waals surface area contributed by atoms with Crippen LogP contribution in [0.5, 0.6) is 0 Å². The molecule has 9 aromatic rings. The van der Waals surface area contributed by atoms with E-state index in [0.717, 1.165) is 0 Å². The highest BCUT2D eigenvalue weighted by Crippen LogP contribution is 2.56. The lowest BCUT2D eigenvalue weighted by molar-refractivity contribution is 0.672. The minimum atomic E-state index is -0.142. The van der Waals surface area contributed by atoms with E-state index >= 15 is 0 Å². The van der Waals surface area contributed by atoms with Crippen molar-refractivity contribution in [3.63, 3.8) is 0 Å². The van der Waals surface area contributed by atoms with Gasteiger partial charge in [0.15, 0.2) is 0 Å². The van der Waals surface area contributed by atoms with E-state index in [1.807, 2.05) is 0 Å². The van der Waals surface area contributed by atoms with Gasteiger partial charge in [-0.25, -0.2) is 0 Å². The predicted octanol–water partition coefficient (Wildman–Crippen LogP) is 13.1. The number of benzene rings is 9. The first-order chi connectivity index (χ1) is 23.1. The van der Waals surface area contributed by atoms with Gasteiger partial charge in [0, 0.05) is 5.41 Å². The molecule has 0 nitrogen and oxygen atoms in total. The Labute approximate surface area is 274 Å². The van der Waals surface area contributed by atoms with Crippen LogP contribution in [0.4, 0.5) is 0 Å². The van der Waals surface area contributed by atoms with E-state index in [1.54, 1.807) is 0 Å². The summed E-state index contributed by atoms with van der Waals surface area (Å²) in [5, 5.41) is 13.1. The Morgan fingerprint density at radius 2 is 0.915 bits per heavy atom. The molecule has 0 amide bonds. The summed E-state index contributed by atoms with van der Waals surface area (Å²) in [6.45, 7) is 4.85. The summed E-state index contributed by atoms with van der Waals surface area (Å²) in [5.74, 6) is 0. The molecule has 0 bridgehead atoms. The molecule has 0 heteroatoms. The maximum atomic E-state index is 2.46. The summed E-state index contributed by atoms with van der Waals surface area (Å²) < 4.78 is 0. The Morgan fingerprint density at radius 3 is 1.70 bits per heavy atom. The summed E-state index contributed by atoms with van der Waals surface area (Å²) in [5.41, 5.74) is 10.6. The van der Waals surface area contributed by atoms with Crippen molar-refractivity contribution < 1.29 is 0 Å². The topological polar surface area (TPSA) is 0 Å². The van der Waals surface area contributed by atoms with Crippen LogP contribution in [-0.2, 0) is 5.41 Å². The molecule has 1 aliphatic rings. The molecule has 0 heterocycles. The van der Waals surface area contributed by atoms with Crippen molar-refractivity contribution >= 4 is 53.9 Å². The average molecular weight is 597 g/mol. The van der Waals surface area contributed by atoms with Crippen LogP contribution in [0.3, 0.4) is 0 Å². The van der Waals surface area contributed by atoms with Gasteiger partial charge in [0.1, 0.15) is 0 Å². The lowest BCUT2D eigenvalue weighted by atomic mass is 9.77. The highest BCUT2D eigenvalue weighted by Gasteiger charge is 2.39. The quantitative estimate of drug-likeness (QED) is 0.174. The van der Waals surface area contributed by atoms with Crippen molar-refractivity contribution in [2.75, 3.05) is 0 Å². The van der Waals surface area contributed by atoms with Crippen molar-refractivity contribution in [2.24, 2.45) is 0 Å². The monoisotopic (exact) mass is 596 g/mol. The second kappa shape index (κ2) is 9.64. The third-order valence-electron chi connectivity index (χ3n) is 10.8. The third kappa shape index (κ3) is 3.64. The molecule has 0 radical (unpaired) electrons. The van der Waals surface area contributed by atoms with Crippen LogP contribution in [-0.4, -0.2) is 0 Å². The summed E-state index contributed by atoms with van der Waals surface area (Å²) >= 11 is 0. The number of hydrogen-bond donors (Lipinski definition) is 0. The van der Waals surface area contributed by atoms with E-state index in [1.165, 1.54) is 98.4 Å². The molecule has 9 aromatic carbocycles. The van der Waals surface area contributed by atoms with E-state index in [2.05, 4.69) is 172 Å². The first-order valence-electron chi connectivity index (χ1n) is 16.6. The van der Waals surface area contributed by atoms with Gasteiger partial charge in [-0.1, -0.05) is 159 Å². The van der Waals surface area contributed by atoms with Crippen LogP contribution >= 0.6 is 0 Å². The van der Waals surface area contributed by atoms with Crippen LogP contribution in [0.2, 0.25) is 0 Å². The Hall–Kier alpha value is -5.72. The average Bonchev–Trinajstić information content (AvgIpc) is 3.38. The van der Waals surface area contributed by atoms with Gasteiger partial charge in [0.2, 0.25) is 0 Å². The van der Waals surface area contributed by atoms with Crippen LogP contribution in [0.1, 0.15) is 25.0 Å². The van der Waals surface area contributed by atoms with Gasteiger partial charge in [-0.2, -0.15) is 0 Å². The molecule has 10 rings (SSSR count). The molecular formula is C47H32. The second-order valence-corrected chi connectivity index (χ2v) is 13.6. The highest BCUT2D eigenvalue weighted by atomic mass is 14.4. The van der Waals surface area contributed by atoms with E-state index in [4.69, 9.17) is 0 Å². The maximum absolute atomic E-state index is 2.46. The van der Waals surface area contributed by atoms with Gasteiger partial charge in [-0.05, 0) is 111 Å². The van der Waals surface area contributed by atoms with Crippen LogP contribution < -0.4 is 0 Å². The van der Waals surface area contributed by atoms with Crippen molar-refractivity contribution in [3.8, 4) is 33.4 Å². The second-order valence-electron chi connectivity index (χ2n) is 13.6. The normalized spacial score (nSPS) is 13.5. The van der Waals surface area contributed by atoms with E-state index in [-0.39, 0.29) is 5.41 Å². The zero-order valence-electron chi connectivity index (χ0n) is 26.5. The summed E-state index contributed by atoms with van der Waals surface area (Å²) in [4.78, 5) is 0. The summed E-state index contributed by atoms with van der Waals surface area (Å²) in [7, 11) is 0. The lowest BCUT2D eigenvalue weighted by Crippen LogP contribution is -2.16. The Kier molecular flexibility index (Phi) is 5.44. The molecule has 0 aliphatic heterocycles. The van der Waals surface area contributed by atoms with E-state index < -0.39 is 0 Å². The fourth-order valence-electron chi connectivity index (χ4n) is 8.81. The fraction of sp³-hybridized carbons (Fsp3) is 0.0638. The fourth-order valence-corrected chi connectivity index (χ4v) is 8.81. The Balaban J connectivity index is 1.26. The largest absolute Gasteiger partial charge is 0.0616 e. The molecule has 0 N–H and O–H groups in total. The number of fused-ring (bicyclic) bond motifs is 13. The van der Waals surface area contributed by atoms with Crippen molar-refractivity contribution in [3.05, 3.63) is 169 Å². The summed E-state index contributed by atoms with van der Waals surface area (Å²) in [6.07, 6.45) is 0. The summed E-state index contributed by atoms with van der Waals surface area (Å²) in [6, 6.07) is 58.7. The van der Waals surface area contributed by atoms with Gasteiger partial charge in [-0.15, -0.1) is 0 Å². The van der Waals surface area contributed by atoms with Crippen molar-refractivity contribution in [2.45, 2.75) is 19.3 Å². The van der Waals surface area contributed by atoms with Crippen LogP contribution in [0, 0.1) is 0 Å². The molecule has 0 saturated heterocycles. The molecule has 0 fully saturated rings. The SMILES string of the molecule is CC1(C)c2c(ccc3ccccc23)-c2c1c1ccc(-c3ccccc3-c3cc4ccccc4c4ccccc34)cc1c1ccccc21. The number of rotatable bonds is 2. The van der Waals surface area contributed by atoms with E-state index in [0.29, 0.717) is 0 Å². The molecule has 0 saturated carbocycles. The Morgan fingerprint density at radius 1 is 0.319 bits per heavy atom. The van der Waals surface area contributed by atoms with E-state index in [9.17, 15) is 0 Å².